The van der Waals surface area contributed by atoms with Gasteiger partial charge in [0.05, 0.1) is 36.5 Å². The zero-order valence-corrected chi connectivity index (χ0v) is 31.7. The van der Waals surface area contributed by atoms with Crippen molar-refractivity contribution in [3.63, 3.8) is 0 Å². The number of benzene rings is 4. The Labute approximate surface area is 347 Å². The quantitative estimate of drug-likeness (QED) is 0.0759. The Kier molecular flexibility index (Phi) is 12.2. The highest BCUT2D eigenvalue weighted by molar-refractivity contribution is 5.89. The molecule has 0 aliphatic carbocycles. The van der Waals surface area contributed by atoms with E-state index in [2.05, 4.69) is 0 Å². The van der Waals surface area contributed by atoms with Crippen LogP contribution in [0.4, 0.5) is 0 Å². The number of aliphatic hydroxyl groups is 7. The Morgan fingerprint density at radius 3 is 1.21 bits per heavy atom. The van der Waals surface area contributed by atoms with Crippen molar-refractivity contribution in [3.8, 4) is 80.1 Å². The lowest BCUT2D eigenvalue weighted by Gasteiger charge is -2.39. The highest BCUT2D eigenvalue weighted by Crippen LogP contribution is 2.44. The Hall–Kier alpha value is -6.66. The number of phenols is 8. The van der Waals surface area contributed by atoms with Crippen LogP contribution in [-0.2, 0) is 9.47 Å². The number of ether oxygens (including phenoxy) is 4. The average Bonchev–Trinajstić information content (AvgIpc) is 3.51. The average molecular weight is 869 g/mol. The first-order chi connectivity index (χ1) is 29.5. The second kappa shape index (κ2) is 17.4. The molecule has 2 saturated heterocycles. The number of phenolic OH excluding ortho intramolecular Hbond substituents is 8. The van der Waals surface area contributed by atoms with E-state index >= 15 is 0 Å². The Balaban J connectivity index is 0.000000187. The van der Waals surface area contributed by atoms with Crippen LogP contribution in [0, 0.1) is 0 Å². The molecule has 62 heavy (non-hydrogen) atoms. The van der Waals surface area contributed by atoms with Crippen molar-refractivity contribution in [2.75, 3.05) is 13.2 Å². The van der Waals surface area contributed by atoms with Gasteiger partial charge >= 0.3 is 22.7 Å². The zero-order valence-electron chi connectivity index (χ0n) is 31.7. The second-order valence-corrected chi connectivity index (χ2v) is 14.2. The molecule has 21 heteroatoms. The van der Waals surface area contributed by atoms with Crippen molar-refractivity contribution >= 4 is 21.9 Å². The lowest BCUT2D eigenvalue weighted by Crippen LogP contribution is -2.60. The van der Waals surface area contributed by atoms with E-state index < -0.39 is 80.0 Å². The molecule has 0 spiro atoms. The Morgan fingerprint density at radius 2 is 0.823 bits per heavy atom. The molecule has 6 aromatic rings. The first-order valence-electron chi connectivity index (χ1n) is 18.4. The summed E-state index contributed by atoms with van der Waals surface area (Å²) in [7, 11) is 0. The third kappa shape index (κ3) is 8.47. The predicted octanol–water partition coefficient (Wildman–Crippen LogP) is 1.40. The molecule has 4 heterocycles. The summed E-state index contributed by atoms with van der Waals surface area (Å²) in [6.45, 7) is -1.20. The van der Waals surface area contributed by atoms with Crippen molar-refractivity contribution in [1.29, 1.82) is 0 Å². The monoisotopic (exact) mass is 868 g/mol. The van der Waals surface area contributed by atoms with Crippen LogP contribution in [0.5, 0.6) is 57.5 Å². The fourth-order valence-corrected chi connectivity index (χ4v) is 6.65. The maximum atomic E-state index is 10.3. The van der Waals surface area contributed by atoms with Gasteiger partial charge in [-0.25, -0.2) is 8.83 Å². The van der Waals surface area contributed by atoms with Gasteiger partial charge in [-0.2, -0.15) is 0 Å². The van der Waals surface area contributed by atoms with Crippen molar-refractivity contribution in [3.05, 3.63) is 72.8 Å². The lowest BCUT2D eigenvalue weighted by molar-refractivity contribution is -0.277. The zero-order chi connectivity index (χ0) is 44.7. The van der Waals surface area contributed by atoms with Gasteiger partial charge in [0.2, 0.25) is 24.1 Å². The predicted molar refractivity (Wildman–Crippen MR) is 208 cm³/mol. The first-order valence-corrected chi connectivity index (χ1v) is 18.4. The van der Waals surface area contributed by atoms with Crippen LogP contribution in [0.25, 0.3) is 44.6 Å². The molecular formula is C41H40O21+2. The minimum Gasteiger partial charge on any atom is -0.507 e. The van der Waals surface area contributed by atoms with E-state index in [-0.39, 0.29) is 90.6 Å². The van der Waals surface area contributed by atoms with Crippen molar-refractivity contribution in [1.82, 2.24) is 0 Å². The molecule has 328 valence electrons. The van der Waals surface area contributed by atoms with E-state index in [0.29, 0.717) is 0 Å². The minimum absolute atomic E-state index is 0.0144. The minimum atomic E-state index is -1.71. The maximum absolute atomic E-state index is 10.3. The van der Waals surface area contributed by atoms with Gasteiger partial charge < -0.3 is 95.5 Å². The molecule has 9 atom stereocenters. The van der Waals surface area contributed by atoms with Gasteiger partial charge in [-0.1, -0.05) is 0 Å². The van der Waals surface area contributed by atoms with Crippen LogP contribution >= 0.6 is 0 Å². The van der Waals surface area contributed by atoms with Crippen molar-refractivity contribution in [2.24, 2.45) is 0 Å². The van der Waals surface area contributed by atoms with Crippen molar-refractivity contribution in [2.45, 2.75) is 55.3 Å². The summed E-state index contributed by atoms with van der Waals surface area (Å²) in [5, 5.41) is 148. The van der Waals surface area contributed by atoms with E-state index in [0.717, 1.165) is 12.1 Å². The van der Waals surface area contributed by atoms with E-state index in [1.807, 2.05) is 0 Å². The van der Waals surface area contributed by atoms with Gasteiger partial charge in [0.15, 0.2) is 23.0 Å². The molecule has 0 saturated carbocycles. The number of hydrogen-bond donors (Lipinski definition) is 15. The smallest absolute Gasteiger partial charge is 0.402 e. The lowest BCUT2D eigenvalue weighted by atomic mass is 9.99. The van der Waals surface area contributed by atoms with Crippen molar-refractivity contribution < 1.29 is 104 Å². The standard InChI is InChI=1S/C21H20O11.C20H18O10/c22-7-16-17(27)18(28)19(29)21(32-16)31-15-6-10-12(25)4-9(23)5-14(10)30-20(15)8-1-2-11(24)13(26)3-8;21-7-16-17(26)18(27)20(30-16)29-15-6-10-12(24)4-9(22)5-14(10)28-19(15)8-1-2-11(23)13(25)3-8/h1-6,16-19,21-22,27-29H,7H2,(H3-,23,24,25,26);1-6,16-18,20-21,26-27H,7H2,(H3-,22,23,24,25)/p+2/t16-,17+,18+,19-,21?;16-,17-,18+,20?/m11/s1. The topological polar surface area (TPSA) is 363 Å². The first kappa shape index (κ1) is 43.4. The van der Waals surface area contributed by atoms with Crippen LogP contribution in [0.1, 0.15) is 0 Å². The van der Waals surface area contributed by atoms with Crippen LogP contribution in [0.2, 0.25) is 0 Å². The van der Waals surface area contributed by atoms with E-state index in [4.69, 9.17) is 27.8 Å². The van der Waals surface area contributed by atoms with E-state index in [1.165, 1.54) is 60.7 Å². The maximum Gasteiger partial charge on any atom is 0.402 e. The van der Waals surface area contributed by atoms with E-state index in [9.17, 15) is 76.6 Å². The normalized spacial score (nSPS) is 24.7. The molecule has 2 fully saturated rings. The van der Waals surface area contributed by atoms with Gasteiger partial charge in [-0.15, -0.1) is 0 Å². The molecule has 0 amide bonds. The number of aromatic hydroxyl groups is 8. The number of fused-ring (bicyclic) bond motifs is 2. The number of hydrogen-bond acceptors (Lipinski definition) is 19. The Morgan fingerprint density at radius 1 is 0.435 bits per heavy atom. The highest BCUT2D eigenvalue weighted by Gasteiger charge is 2.47. The van der Waals surface area contributed by atoms with Gasteiger partial charge in [-0.3, -0.25) is 0 Å². The van der Waals surface area contributed by atoms with Crippen LogP contribution < -0.4 is 9.47 Å². The Bertz CT molecular complexity index is 2600. The SMILES string of the molecule is OC[C@H]1OC(Oc2cc3c(O)cc(O)cc3[o+]c2-c2ccc(O)c(O)c2)[C@@H](O)[C@@H]1O.OC[C@H]1OC(Oc2cc3c(O)cc(O)cc3[o+]c2-c2ccc(O)c(O)c2)[C@H](O)[C@@H](O)[C@H]1O. The molecular weight excluding hydrogens is 828 g/mol. The number of aliphatic hydroxyl groups excluding tert-OH is 7. The summed E-state index contributed by atoms with van der Waals surface area (Å²) in [6.07, 6.45) is -13.0. The summed E-state index contributed by atoms with van der Waals surface area (Å²) in [6, 6.07) is 14.9. The third-order valence-corrected chi connectivity index (χ3v) is 9.94. The molecule has 2 aliphatic rings. The summed E-state index contributed by atoms with van der Waals surface area (Å²) < 4.78 is 33.6. The highest BCUT2D eigenvalue weighted by atomic mass is 16.7. The van der Waals surface area contributed by atoms with Gasteiger partial charge in [0, 0.05) is 36.4 Å². The fourth-order valence-electron chi connectivity index (χ4n) is 6.65. The van der Waals surface area contributed by atoms with Gasteiger partial charge in [0.1, 0.15) is 76.5 Å². The molecule has 0 radical (unpaired) electrons. The summed E-state index contributed by atoms with van der Waals surface area (Å²) in [5.41, 5.74) is 0.608. The molecule has 0 bridgehead atoms. The molecule has 2 aromatic heterocycles. The van der Waals surface area contributed by atoms with Crippen LogP contribution in [0.3, 0.4) is 0 Å². The molecule has 4 aromatic carbocycles. The summed E-state index contributed by atoms with van der Waals surface area (Å²) >= 11 is 0. The fraction of sp³-hybridized carbons (Fsp3) is 0.268. The van der Waals surface area contributed by atoms with Crippen LogP contribution in [0.15, 0.2) is 81.6 Å². The molecule has 8 rings (SSSR count). The summed E-state index contributed by atoms with van der Waals surface area (Å²) in [5.74, 6) is -3.01. The second-order valence-electron chi connectivity index (χ2n) is 14.2. The molecule has 21 nitrogen and oxygen atoms in total. The summed E-state index contributed by atoms with van der Waals surface area (Å²) in [4.78, 5) is 0. The van der Waals surface area contributed by atoms with Crippen LogP contribution in [-0.4, -0.2) is 145 Å². The van der Waals surface area contributed by atoms with E-state index in [1.54, 1.807) is 0 Å². The number of rotatable bonds is 8. The molecule has 15 N–H and O–H groups in total. The largest absolute Gasteiger partial charge is 0.507 e. The third-order valence-electron chi connectivity index (χ3n) is 9.94. The van der Waals surface area contributed by atoms with Gasteiger partial charge in [-0.05, 0) is 24.3 Å². The van der Waals surface area contributed by atoms with Gasteiger partial charge in [0.25, 0.3) is 0 Å². The molecule has 2 aliphatic heterocycles. The molecule has 2 unspecified atom stereocenters.